The van der Waals surface area contributed by atoms with Gasteiger partial charge in [-0.05, 0) is 31.2 Å². The van der Waals surface area contributed by atoms with Crippen molar-refractivity contribution in [3.05, 3.63) is 58.2 Å². The fraction of sp³-hybridized carbons (Fsp3) is 0.214. The fourth-order valence-corrected chi connectivity index (χ4v) is 1.78. The smallest absolute Gasteiger partial charge is 0.313 e. The van der Waals surface area contributed by atoms with Crippen LogP contribution in [0.2, 0.25) is 0 Å². The molecule has 7 heteroatoms. The molecule has 0 amide bonds. The number of hydrogen-bond donors (Lipinski definition) is 1. The van der Waals surface area contributed by atoms with E-state index in [1.807, 2.05) is 13.0 Å². The highest BCUT2D eigenvalue weighted by molar-refractivity contribution is 5.46. The molecule has 0 aliphatic carbocycles. The molecule has 0 fully saturated rings. The normalized spacial score (nSPS) is 10.2. The Morgan fingerprint density at radius 3 is 2.90 bits per heavy atom. The molecular weight excluding hydrogens is 277 g/mol. The molecule has 21 heavy (non-hydrogen) atoms. The summed E-state index contributed by atoms with van der Waals surface area (Å²) in [6.45, 7) is 2.80. The molecule has 0 saturated carbocycles. The molecule has 1 aromatic heterocycles. The van der Waals surface area contributed by atoms with Crippen LogP contribution in [0.15, 0.2) is 36.5 Å². The lowest BCUT2D eigenvalue weighted by molar-refractivity contribution is -0.386. The van der Waals surface area contributed by atoms with Gasteiger partial charge in [0.2, 0.25) is 0 Å². The maximum Gasteiger partial charge on any atom is 0.313 e. The van der Waals surface area contributed by atoms with E-state index in [9.17, 15) is 14.5 Å². The minimum absolute atomic E-state index is 0.0112. The van der Waals surface area contributed by atoms with Crippen LogP contribution in [0.25, 0.3) is 0 Å². The lowest BCUT2D eigenvalue weighted by Gasteiger charge is -2.08. The molecule has 0 saturated heterocycles. The standard InChI is InChI=1S/C14H14FN3O3/c1-2-16-11-5-6-17-12(8-11)9-21-14-4-3-10(15)7-13(14)18(19)20/h3-8H,2,9H2,1H3,(H,16,17). The molecule has 0 aliphatic heterocycles. The zero-order valence-electron chi connectivity index (χ0n) is 11.4. The second-order valence-electron chi connectivity index (χ2n) is 4.22. The Morgan fingerprint density at radius 1 is 1.38 bits per heavy atom. The number of halogens is 1. The number of hydrogen-bond acceptors (Lipinski definition) is 5. The molecule has 1 aromatic carbocycles. The van der Waals surface area contributed by atoms with Gasteiger partial charge >= 0.3 is 5.69 Å². The molecule has 0 radical (unpaired) electrons. The van der Waals surface area contributed by atoms with Crippen LogP contribution in [0.1, 0.15) is 12.6 Å². The third-order valence-corrected chi connectivity index (χ3v) is 2.69. The van der Waals surface area contributed by atoms with Crippen LogP contribution in [-0.4, -0.2) is 16.5 Å². The van der Waals surface area contributed by atoms with E-state index in [0.29, 0.717) is 5.69 Å². The zero-order valence-corrected chi connectivity index (χ0v) is 11.4. The van der Waals surface area contributed by atoms with Crippen molar-refractivity contribution in [2.24, 2.45) is 0 Å². The number of rotatable bonds is 6. The molecule has 6 nitrogen and oxygen atoms in total. The van der Waals surface area contributed by atoms with Crippen LogP contribution >= 0.6 is 0 Å². The molecule has 0 unspecified atom stereocenters. The molecule has 2 rings (SSSR count). The number of nitrogens with one attached hydrogen (secondary N) is 1. The third-order valence-electron chi connectivity index (χ3n) is 2.69. The molecule has 0 atom stereocenters. The number of anilines is 1. The van der Waals surface area contributed by atoms with Gasteiger partial charge in [0.15, 0.2) is 5.75 Å². The highest BCUT2D eigenvalue weighted by atomic mass is 19.1. The second-order valence-corrected chi connectivity index (χ2v) is 4.22. The van der Waals surface area contributed by atoms with E-state index in [0.717, 1.165) is 24.4 Å². The summed E-state index contributed by atoms with van der Waals surface area (Å²) in [7, 11) is 0. The average molecular weight is 291 g/mol. The Balaban J connectivity index is 2.13. The Morgan fingerprint density at radius 2 is 2.19 bits per heavy atom. The highest BCUT2D eigenvalue weighted by Gasteiger charge is 2.16. The summed E-state index contributed by atoms with van der Waals surface area (Å²) < 4.78 is 18.4. The summed E-state index contributed by atoms with van der Waals surface area (Å²) >= 11 is 0. The first-order valence-corrected chi connectivity index (χ1v) is 6.35. The Kier molecular flexibility index (Phi) is 4.65. The summed E-state index contributed by atoms with van der Waals surface area (Å²) in [4.78, 5) is 14.3. The largest absolute Gasteiger partial charge is 0.480 e. The van der Waals surface area contributed by atoms with Gasteiger partial charge in [-0.25, -0.2) is 4.39 Å². The van der Waals surface area contributed by atoms with Crippen LogP contribution in [0, 0.1) is 15.9 Å². The highest BCUT2D eigenvalue weighted by Crippen LogP contribution is 2.28. The van der Waals surface area contributed by atoms with Gasteiger partial charge < -0.3 is 10.1 Å². The number of ether oxygens (including phenoxy) is 1. The predicted octanol–water partition coefficient (Wildman–Crippen LogP) is 3.14. The van der Waals surface area contributed by atoms with Crippen molar-refractivity contribution in [1.82, 2.24) is 4.98 Å². The van der Waals surface area contributed by atoms with E-state index < -0.39 is 16.4 Å². The predicted molar refractivity (Wildman–Crippen MR) is 75.8 cm³/mol. The first-order valence-electron chi connectivity index (χ1n) is 6.35. The van der Waals surface area contributed by atoms with Crippen LogP contribution in [0.3, 0.4) is 0 Å². The van der Waals surface area contributed by atoms with E-state index in [1.165, 1.54) is 6.07 Å². The number of aromatic nitrogens is 1. The van der Waals surface area contributed by atoms with Gasteiger partial charge in [-0.3, -0.25) is 15.1 Å². The van der Waals surface area contributed by atoms with Crippen molar-refractivity contribution in [1.29, 1.82) is 0 Å². The lowest BCUT2D eigenvalue weighted by Crippen LogP contribution is -2.03. The molecule has 110 valence electrons. The summed E-state index contributed by atoms with van der Waals surface area (Å²) in [5.74, 6) is -0.668. The second kappa shape index (κ2) is 6.65. The number of benzene rings is 1. The molecule has 1 heterocycles. The van der Waals surface area contributed by atoms with Crippen LogP contribution in [0.5, 0.6) is 5.75 Å². The van der Waals surface area contributed by atoms with E-state index in [-0.39, 0.29) is 12.4 Å². The SMILES string of the molecule is CCNc1ccnc(COc2ccc(F)cc2[N+](=O)[O-])c1. The van der Waals surface area contributed by atoms with Crippen molar-refractivity contribution < 1.29 is 14.1 Å². The number of pyridine rings is 1. The summed E-state index contributed by atoms with van der Waals surface area (Å²) in [6.07, 6.45) is 1.62. The molecule has 0 spiro atoms. The van der Waals surface area contributed by atoms with E-state index in [4.69, 9.17) is 4.74 Å². The lowest BCUT2D eigenvalue weighted by atomic mass is 10.3. The van der Waals surface area contributed by atoms with E-state index in [2.05, 4.69) is 10.3 Å². The summed E-state index contributed by atoms with van der Waals surface area (Å²) in [5.41, 5.74) is 1.10. The fourth-order valence-electron chi connectivity index (χ4n) is 1.78. The van der Waals surface area contributed by atoms with Crippen molar-refractivity contribution in [2.75, 3.05) is 11.9 Å². The topological polar surface area (TPSA) is 77.3 Å². The monoisotopic (exact) mass is 291 g/mol. The first kappa shape index (κ1) is 14.7. The van der Waals surface area contributed by atoms with Gasteiger partial charge in [0.05, 0.1) is 16.7 Å². The molecule has 1 N–H and O–H groups in total. The number of nitrogens with zero attached hydrogens (tertiary/aromatic N) is 2. The average Bonchev–Trinajstić information content (AvgIpc) is 2.46. The van der Waals surface area contributed by atoms with Gasteiger partial charge in [0.25, 0.3) is 0 Å². The third kappa shape index (κ3) is 3.88. The van der Waals surface area contributed by atoms with E-state index in [1.54, 1.807) is 12.3 Å². The van der Waals surface area contributed by atoms with Gasteiger partial charge in [-0.2, -0.15) is 0 Å². The van der Waals surface area contributed by atoms with Crippen molar-refractivity contribution in [2.45, 2.75) is 13.5 Å². The van der Waals surface area contributed by atoms with Crippen molar-refractivity contribution in [3.8, 4) is 5.75 Å². The number of nitro groups is 1. The zero-order chi connectivity index (χ0) is 15.2. The Bertz CT molecular complexity index is 649. The van der Waals surface area contributed by atoms with Gasteiger partial charge in [-0.1, -0.05) is 0 Å². The molecular formula is C14H14FN3O3. The van der Waals surface area contributed by atoms with Crippen LogP contribution < -0.4 is 10.1 Å². The van der Waals surface area contributed by atoms with Crippen molar-refractivity contribution in [3.63, 3.8) is 0 Å². The maximum atomic E-state index is 13.0. The van der Waals surface area contributed by atoms with Crippen molar-refractivity contribution >= 4 is 11.4 Å². The van der Waals surface area contributed by atoms with Crippen LogP contribution in [-0.2, 0) is 6.61 Å². The Labute approximate surface area is 120 Å². The molecule has 2 aromatic rings. The molecule has 0 aliphatic rings. The minimum atomic E-state index is -0.680. The van der Waals surface area contributed by atoms with Gasteiger partial charge in [0.1, 0.15) is 12.4 Å². The summed E-state index contributed by atoms with van der Waals surface area (Å²) in [6, 6.07) is 6.79. The van der Waals surface area contributed by atoms with Gasteiger partial charge in [-0.15, -0.1) is 0 Å². The summed E-state index contributed by atoms with van der Waals surface area (Å²) in [5, 5.41) is 14.0. The minimum Gasteiger partial charge on any atom is -0.480 e. The van der Waals surface area contributed by atoms with Crippen LogP contribution in [0.4, 0.5) is 15.8 Å². The van der Waals surface area contributed by atoms with Gasteiger partial charge in [0, 0.05) is 18.4 Å². The maximum absolute atomic E-state index is 13.0. The Hall–Kier alpha value is -2.70. The first-order chi connectivity index (χ1) is 10.1. The quantitative estimate of drug-likeness (QED) is 0.653. The molecule has 0 bridgehead atoms. The van der Waals surface area contributed by atoms with E-state index >= 15 is 0 Å². The number of nitro benzene ring substituents is 1.